The van der Waals surface area contributed by atoms with Crippen molar-refractivity contribution in [3.8, 4) is 0 Å². The first-order valence-electron chi connectivity index (χ1n) is 10.1. The number of nitrogens with zero attached hydrogens (tertiary/aromatic N) is 2. The summed E-state index contributed by atoms with van der Waals surface area (Å²) in [5.74, 6) is -1.78. The first kappa shape index (κ1) is 22.2. The van der Waals surface area contributed by atoms with Crippen molar-refractivity contribution in [2.75, 3.05) is 27.2 Å². The van der Waals surface area contributed by atoms with Gasteiger partial charge in [-0.3, -0.25) is 19.7 Å². The summed E-state index contributed by atoms with van der Waals surface area (Å²) in [5.41, 5.74) is 1.62. The molecule has 0 aromatic heterocycles. The number of hydrogen-bond donors (Lipinski definition) is 2. The molecule has 0 spiro atoms. The lowest BCUT2D eigenvalue weighted by Crippen LogP contribution is -3.05. The van der Waals surface area contributed by atoms with Crippen LogP contribution in [0.1, 0.15) is 29.2 Å². The molecule has 1 heterocycles. The second kappa shape index (κ2) is 9.09. The maximum absolute atomic E-state index is 12.9. The fraction of sp³-hybridized carbons (Fsp3) is 0.304. The number of amides is 1. The van der Waals surface area contributed by atoms with E-state index in [2.05, 4.69) is 0 Å². The van der Waals surface area contributed by atoms with Crippen LogP contribution in [0.4, 0.5) is 5.69 Å². The Morgan fingerprint density at radius 1 is 1.16 bits per heavy atom. The van der Waals surface area contributed by atoms with Crippen molar-refractivity contribution in [2.24, 2.45) is 0 Å². The van der Waals surface area contributed by atoms with Crippen molar-refractivity contribution in [2.45, 2.75) is 19.4 Å². The molecule has 8 nitrogen and oxygen atoms in total. The number of aliphatic hydroxyl groups excluding tert-OH is 1. The molecule has 3 rings (SSSR count). The van der Waals surface area contributed by atoms with E-state index in [0.29, 0.717) is 24.1 Å². The molecule has 2 aromatic carbocycles. The van der Waals surface area contributed by atoms with Gasteiger partial charge in [0.2, 0.25) is 0 Å². The molecule has 0 saturated carbocycles. The number of carbonyl (C=O) groups is 2. The number of quaternary nitrogens is 1. The number of nitro benzene ring substituents is 1. The first-order chi connectivity index (χ1) is 14.7. The third kappa shape index (κ3) is 4.64. The van der Waals surface area contributed by atoms with Crippen LogP contribution in [-0.2, 0) is 9.59 Å². The molecule has 0 radical (unpaired) electrons. The van der Waals surface area contributed by atoms with Crippen LogP contribution >= 0.6 is 0 Å². The predicted molar refractivity (Wildman–Crippen MR) is 116 cm³/mol. The van der Waals surface area contributed by atoms with Crippen LogP contribution in [0.5, 0.6) is 0 Å². The number of non-ortho nitro benzene ring substituents is 1. The van der Waals surface area contributed by atoms with E-state index >= 15 is 0 Å². The SMILES string of the molecule is Cc1ccc(C(O)=C2C(=O)C(=O)N(CCC[NH+](C)C)[C@H]2c2cccc([N+](=O)[O-])c2)cc1. The summed E-state index contributed by atoms with van der Waals surface area (Å²) in [6.07, 6.45) is 0.644. The van der Waals surface area contributed by atoms with E-state index in [-0.39, 0.29) is 17.0 Å². The molecule has 1 aliphatic heterocycles. The van der Waals surface area contributed by atoms with E-state index in [1.54, 1.807) is 30.3 Å². The van der Waals surface area contributed by atoms with E-state index in [1.807, 2.05) is 21.0 Å². The number of carbonyl (C=O) groups excluding carboxylic acids is 2. The van der Waals surface area contributed by atoms with Gasteiger partial charge < -0.3 is 14.9 Å². The minimum Gasteiger partial charge on any atom is -0.507 e. The molecule has 8 heteroatoms. The van der Waals surface area contributed by atoms with Crippen LogP contribution in [0, 0.1) is 17.0 Å². The molecule has 1 atom stereocenters. The largest absolute Gasteiger partial charge is 0.507 e. The van der Waals surface area contributed by atoms with Crippen LogP contribution < -0.4 is 4.90 Å². The highest BCUT2D eigenvalue weighted by Crippen LogP contribution is 2.40. The van der Waals surface area contributed by atoms with Gasteiger partial charge >= 0.3 is 0 Å². The van der Waals surface area contributed by atoms with E-state index in [1.165, 1.54) is 28.0 Å². The molecule has 1 saturated heterocycles. The van der Waals surface area contributed by atoms with Gasteiger partial charge in [0.05, 0.1) is 37.2 Å². The van der Waals surface area contributed by atoms with Crippen LogP contribution in [0.2, 0.25) is 0 Å². The molecule has 1 amide bonds. The van der Waals surface area contributed by atoms with Gasteiger partial charge in [-0.05, 0) is 12.5 Å². The average Bonchev–Trinajstić information content (AvgIpc) is 2.98. The fourth-order valence-corrected chi connectivity index (χ4v) is 3.74. The van der Waals surface area contributed by atoms with Gasteiger partial charge in [0, 0.05) is 30.7 Å². The first-order valence-corrected chi connectivity index (χ1v) is 10.1. The number of nitrogens with one attached hydrogen (secondary N) is 1. The summed E-state index contributed by atoms with van der Waals surface area (Å²) in [5, 5.41) is 22.3. The van der Waals surface area contributed by atoms with Crippen molar-refractivity contribution < 1.29 is 24.5 Å². The average molecular weight is 424 g/mol. The number of aryl methyl sites for hydroxylation is 1. The molecular weight excluding hydrogens is 398 g/mol. The zero-order chi connectivity index (χ0) is 22.7. The summed E-state index contributed by atoms with van der Waals surface area (Å²) >= 11 is 0. The third-order valence-corrected chi connectivity index (χ3v) is 5.34. The highest BCUT2D eigenvalue weighted by atomic mass is 16.6. The summed E-state index contributed by atoms with van der Waals surface area (Å²) in [6.45, 7) is 2.98. The van der Waals surface area contributed by atoms with Gasteiger partial charge in [-0.2, -0.15) is 0 Å². The summed E-state index contributed by atoms with van der Waals surface area (Å²) in [7, 11) is 3.98. The minimum absolute atomic E-state index is 0.0495. The van der Waals surface area contributed by atoms with Crippen LogP contribution in [0.3, 0.4) is 0 Å². The van der Waals surface area contributed by atoms with Gasteiger partial charge in [0.1, 0.15) is 5.76 Å². The van der Waals surface area contributed by atoms with Crippen molar-refractivity contribution in [3.05, 3.63) is 80.9 Å². The second-order valence-corrected chi connectivity index (χ2v) is 8.02. The van der Waals surface area contributed by atoms with Crippen LogP contribution in [0.25, 0.3) is 5.76 Å². The fourth-order valence-electron chi connectivity index (χ4n) is 3.74. The Morgan fingerprint density at radius 2 is 1.84 bits per heavy atom. The third-order valence-electron chi connectivity index (χ3n) is 5.34. The van der Waals surface area contributed by atoms with Gasteiger partial charge in [0.15, 0.2) is 0 Å². The maximum Gasteiger partial charge on any atom is 0.295 e. The number of likely N-dealkylation sites (tertiary alicyclic amines) is 1. The lowest BCUT2D eigenvalue weighted by molar-refractivity contribution is -0.858. The van der Waals surface area contributed by atoms with Gasteiger partial charge in [0.25, 0.3) is 17.4 Å². The Hall–Kier alpha value is -3.52. The molecule has 31 heavy (non-hydrogen) atoms. The van der Waals surface area contributed by atoms with Crippen molar-refractivity contribution in [1.29, 1.82) is 0 Å². The number of rotatable bonds is 7. The lowest BCUT2D eigenvalue weighted by atomic mass is 9.94. The normalized spacial score (nSPS) is 18.1. The Balaban J connectivity index is 2.13. The number of nitro groups is 1. The van der Waals surface area contributed by atoms with Gasteiger partial charge in [-0.1, -0.05) is 42.0 Å². The van der Waals surface area contributed by atoms with E-state index in [9.17, 15) is 24.8 Å². The number of aliphatic hydroxyl groups is 1. The smallest absolute Gasteiger partial charge is 0.295 e. The highest BCUT2D eigenvalue weighted by Gasteiger charge is 2.46. The topological polar surface area (TPSA) is 105 Å². The molecule has 162 valence electrons. The Labute approximate surface area is 180 Å². The summed E-state index contributed by atoms with van der Waals surface area (Å²) < 4.78 is 0. The van der Waals surface area contributed by atoms with Crippen LogP contribution in [-0.4, -0.2) is 53.8 Å². The zero-order valence-electron chi connectivity index (χ0n) is 17.8. The van der Waals surface area contributed by atoms with E-state index < -0.39 is 22.7 Å². The Kier molecular flexibility index (Phi) is 6.50. The molecule has 1 aliphatic rings. The highest BCUT2D eigenvalue weighted by molar-refractivity contribution is 6.46. The molecule has 0 aliphatic carbocycles. The monoisotopic (exact) mass is 424 g/mol. The molecule has 0 unspecified atom stereocenters. The van der Waals surface area contributed by atoms with Crippen molar-refractivity contribution >= 4 is 23.1 Å². The molecule has 0 bridgehead atoms. The number of hydrogen-bond acceptors (Lipinski definition) is 5. The summed E-state index contributed by atoms with van der Waals surface area (Å²) in [6, 6.07) is 11.9. The van der Waals surface area contributed by atoms with E-state index in [4.69, 9.17) is 0 Å². The Morgan fingerprint density at radius 3 is 2.45 bits per heavy atom. The quantitative estimate of drug-likeness (QED) is 0.232. The minimum atomic E-state index is -0.890. The van der Waals surface area contributed by atoms with Gasteiger partial charge in [-0.15, -0.1) is 0 Å². The number of ketones is 1. The van der Waals surface area contributed by atoms with E-state index in [0.717, 1.165) is 12.1 Å². The second-order valence-electron chi connectivity index (χ2n) is 8.02. The van der Waals surface area contributed by atoms with Crippen molar-refractivity contribution in [1.82, 2.24) is 4.90 Å². The number of Topliss-reactive ketones (excluding diaryl/α,β-unsaturated/α-hetero) is 1. The molecular formula is C23H26N3O5+. The lowest BCUT2D eigenvalue weighted by Gasteiger charge is -2.25. The molecule has 2 aromatic rings. The Bertz CT molecular complexity index is 1040. The standard InChI is InChI=1S/C23H25N3O5/c1-15-8-10-16(11-9-15)21(27)19-20(17-6-4-7-18(14-17)26(30)31)25(23(29)22(19)28)13-5-12-24(2)3/h4,6-11,14,20,27H,5,12-13H2,1-3H3/p+1/t20-/m0/s1. The van der Waals surface area contributed by atoms with Crippen LogP contribution in [0.15, 0.2) is 54.1 Å². The van der Waals surface area contributed by atoms with Crippen molar-refractivity contribution in [3.63, 3.8) is 0 Å². The summed E-state index contributed by atoms with van der Waals surface area (Å²) in [4.78, 5) is 39.2. The number of benzene rings is 2. The van der Waals surface area contributed by atoms with Gasteiger partial charge in [-0.25, -0.2) is 0 Å². The molecule has 1 fully saturated rings. The molecule has 2 N–H and O–H groups in total. The predicted octanol–water partition coefficient (Wildman–Crippen LogP) is 1.86. The zero-order valence-corrected chi connectivity index (χ0v) is 17.8. The maximum atomic E-state index is 12.9.